The van der Waals surface area contributed by atoms with Crippen LogP contribution in [0.4, 0.5) is 13.2 Å². The molecule has 5 nitrogen and oxygen atoms in total. The summed E-state index contributed by atoms with van der Waals surface area (Å²) in [5.74, 6) is 0.0559. The van der Waals surface area contributed by atoms with Crippen molar-refractivity contribution in [1.82, 2.24) is 8.96 Å². The van der Waals surface area contributed by atoms with E-state index in [1.807, 2.05) is 13.8 Å². The molecule has 150 valence electrons. The molecule has 0 bridgehead atoms. The molecule has 1 aromatic carbocycles. The van der Waals surface area contributed by atoms with Crippen molar-refractivity contribution in [3.05, 3.63) is 64.9 Å². The summed E-state index contributed by atoms with van der Waals surface area (Å²) in [5.41, 5.74) is 0.234. The van der Waals surface area contributed by atoms with Crippen LogP contribution in [-0.4, -0.2) is 17.4 Å². The van der Waals surface area contributed by atoms with E-state index >= 15 is 0 Å². The molecular weight excluding hydrogens is 413 g/mol. The molecule has 2 aromatic heterocycles. The van der Waals surface area contributed by atoms with Gasteiger partial charge in [-0.1, -0.05) is 19.9 Å². The number of alkyl halides is 3. The standard InChI is InChI=1S/C18H17F3N2O3S2/c1-12(2)13-8-15(23(10-13)28(24,25)17-22-6-7-27-17)11-26-16-5-3-4-14(9-16)18(19,20)21/h3-10,12H,11H2,1-2H3. The normalized spacial score (nSPS) is 12.5. The van der Waals surface area contributed by atoms with Gasteiger partial charge in [0.25, 0.3) is 10.0 Å². The van der Waals surface area contributed by atoms with E-state index in [1.54, 1.807) is 11.4 Å². The van der Waals surface area contributed by atoms with Crippen LogP contribution in [0.15, 0.2) is 52.4 Å². The number of rotatable bonds is 6. The van der Waals surface area contributed by atoms with E-state index in [1.165, 1.54) is 24.5 Å². The minimum Gasteiger partial charge on any atom is -0.487 e. The maximum absolute atomic E-state index is 12.9. The van der Waals surface area contributed by atoms with E-state index in [9.17, 15) is 21.6 Å². The number of benzene rings is 1. The topological polar surface area (TPSA) is 61.2 Å². The number of nitrogens with zero attached hydrogens (tertiary/aromatic N) is 2. The predicted molar refractivity (Wildman–Crippen MR) is 99.0 cm³/mol. The van der Waals surface area contributed by atoms with Crippen molar-refractivity contribution < 1.29 is 26.3 Å². The number of hydrogen-bond donors (Lipinski definition) is 0. The van der Waals surface area contributed by atoms with Crippen molar-refractivity contribution in [2.45, 2.75) is 36.9 Å². The Kier molecular flexibility index (Phi) is 5.53. The van der Waals surface area contributed by atoms with Gasteiger partial charge in [0.1, 0.15) is 12.4 Å². The highest BCUT2D eigenvalue weighted by atomic mass is 32.2. The average molecular weight is 430 g/mol. The van der Waals surface area contributed by atoms with Crippen LogP contribution >= 0.6 is 11.3 Å². The van der Waals surface area contributed by atoms with Crippen LogP contribution in [-0.2, 0) is 22.8 Å². The number of hydrogen-bond acceptors (Lipinski definition) is 5. The second-order valence-electron chi connectivity index (χ2n) is 6.33. The van der Waals surface area contributed by atoms with Crippen molar-refractivity contribution in [2.24, 2.45) is 0 Å². The van der Waals surface area contributed by atoms with Gasteiger partial charge in [-0.25, -0.2) is 8.96 Å². The van der Waals surface area contributed by atoms with E-state index in [0.29, 0.717) is 5.69 Å². The highest BCUT2D eigenvalue weighted by molar-refractivity contribution is 7.91. The van der Waals surface area contributed by atoms with E-state index in [4.69, 9.17) is 4.74 Å². The first kappa shape index (κ1) is 20.4. The smallest absolute Gasteiger partial charge is 0.416 e. The minimum absolute atomic E-state index is 0.000295. The van der Waals surface area contributed by atoms with E-state index < -0.39 is 21.8 Å². The fourth-order valence-electron chi connectivity index (χ4n) is 2.50. The Labute approximate surface area is 164 Å². The summed E-state index contributed by atoms with van der Waals surface area (Å²) in [7, 11) is -3.91. The summed E-state index contributed by atoms with van der Waals surface area (Å²) in [4.78, 5) is 3.86. The summed E-state index contributed by atoms with van der Waals surface area (Å²) in [6, 6.07) is 6.12. The molecular formula is C18H17F3N2O3S2. The third-order valence-corrected chi connectivity index (χ3v) is 6.88. The van der Waals surface area contributed by atoms with Crippen molar-refractivity contribution in [2.75, 3.05) is 0 Å². The third kappa shape index (κ3) is 4.22. The van der Waals surface area contributed by atoms with Gasteiger partial charge in [-0.3, -0.25) is 0 Å². The fourth-order valence-corrected chi connectivity index (χ4v) is 4.79. The Balaban J connectivity index is 1.92. The SMILES string of the molecule is CC(C)c1cc(COc2cccc(C(F)(F)F)c2)n(S(=O)(=O)c2nccs2)c1. The van der Waals surface area contributed by atoms with Crippen LogP contribution in [0.2, 0.25) is 0 Å². The molecule has 0 radical (unpaired) electrons. The van der Waals surface area contributed by atoms with Crippen LogP contribution in [0.1, 0.15) is 36.6 Å². The largest absolute Gasteiger partial charge is 0.487 e. The zero-order valence-electron chi connectivity index (χ0n) is 15.0. The molecule has 0 spiro atoms. The molecule has 3 aromatic rings. The molecule has 0 amide bonds. The van der Waals surface area contributed by atoms with Gasteiger partial charge >= 0.3 is 6.18 Å². The van der Waals surface area contributed by atoms with Gasteiger partial charge in [-0.2, -0.15) is 21.6 Å². The van der Waals surface area contributed by atoms with Crippen LogP contribution in [0.25, 0.3) is 0 Å². The maximum atomic E-state index is 12.9. The second kappa shape index (κ2) is 7.59. The molecule has 0 fully saturated rings. The molecule has 0 aliphatic heterocycles. The molecule has 3 rings (SSSR count). The molecule has 0 saturated carbocycles. The van der Waals surface area contributed by atoms with Crippen LogP contribution in [0.3, 0.4) is 0 Å². The second-order valence-corrected chi connectivity index (χ2v) is 9.22. The Morgan fingerprint density at radius 1 is 1.25 bits per heavy atom. The Morgan fingerprint density at radius 3 is 2.61 bits per heavy atom. The van der Waals surface area contributed by atoms with Crippen molar-refractivity contribution in [3.8, 4) is 5.75 Å². The highest BCUT2D eigenvalue weighted by Gasteiger charge is 2.30. The molecule has 0 unspecified atom stereocenters. The van der Waals surface area contributed by atoms with Crippen molar-refractivity contribution in [1.29, 1.82) is 0 Å². The quantitative estimate of drug-likeness (QED) is 0.558. The summed E-state index contributed by atoms with van der Waals surface area (Å²) in [6.45, 7) is 3.61. The number of thiazole rings is 1. The number of aromatic nitrogens is 2. The maximum Gasteiger partial charge on any atom is 0.416 e. The molecule has 0 aliphatic carbocycles. The van der Waals surface area contributed by atoms with Crippen molar-refractivity contribution in [3.63, 3.8) is 0 Å². The zero-order chi connectivity index (χ0) is 20.5. The molecule has 0 aliphatic rings. The van der Waals surface area contributed by atoms with Gasteiger partial charge in [-0.05, 0) is 35.7 Å². The van der Waals surface area contributed by atoms with Gasteiger partial charge in [-0.15, -0.1) is 11.3 Å². The zero-order valence-corrected chi connectivity index (χ0v) is 16.6. The third-order valence-electron chi connectivity index (χ3n) is 3.99. The molecule has 0 atom stereocenters. The fraction of sp³-hybridized carbons (Fsp3) is 0.278. The molecule has 10 heteroatoms. The first-order chi connectivity index (χ1) is 13.1. The summed E-state index contributed by atoms with van der Waals surface area (Å²) in [6.07, 6.45) is -1.60. The number of halogens is 3. The summed E-state index contributed by atoms with van der Waals surface area (Å²) < 4.78 is 70.8. The van der Waals surface area contributed by atoms with E-state index in [2.05, 4.69) is 4.98 Å². The van der Waals surface area contributed by atoms with E-state index in [0.717, 1.165) is 33.0 Å². The van der Waals surface area contributed by atoms with Gasteiger partial charge in [0, 0.05) is 17.8 Å². The van der Waals surface area contributed by atoms with Crippen LogP contribution in [0, 0.1) is 0 Å². The van der Waals surface area contributed by atoms with Crippen LogP contribution < -0.4 is 4.74 Å². The van der Waals surface area contributed by atoms with E-state index in [-0.39, 0.29) is 22.6 Å². The molecule has 0 saturated heterocycles. The van der Waals surface area contributed by atoms with Gasteiger partial charge < -0.3 is 4.74 Å². The molecule has 28 heavy (non-hydrogen) atoms. The Bertz CT molecular complexity index is 1060. The summed E-state index contributed by atoms with van der Waals surface area (Å²) >= 11 is 0.984. The van der Waals surface area contributed by atoms with Gasteiger partial charge in [0.15, 0.2) is 0 Å². The van der Waals surface area contributed by atoms with Gasteiger partial charge in [0.05, 0.1) is 11.3 Å². The first-order valence-corrected chi connectivity index (χ1v) is 10.6. The first-order valence-electron chi connectivity index (χ1n) is 8.25. The minimum atomic E-state index is -4.49. The number of ether oxygens (including phenoxy) is 1. The lowest BCUT2D eigenvalue weighted by Gasteiger charge is -2.12. The lowest BCUT2D eigenvalue weighted by Crippen LogP contribution is -2.16. The highest BCUT2D eigenvalue weighted by Crippen LogP contribution is 2.32. The van der Waals surface area contributed by atoms with Gasteiger partial charge in [0.2, 0.25) is 4.34 Å². The molecule has 0 N–H and O–H groups in total. The monoisotopic (exact) mass is 430 g/mol. The lowest BCUT2D eigenvalue weighted by atomic mass is 10.1. The molecule has 2 heterocycles. The lowest BCUT2D eigenvalue weighted by molar-refractivity contribution is -0.137. The average Bonchev–Trinajstić information content (AvgIpc) is 3.30. The summed E-state index contributed by atoms with van der Waals surface area (Å²) in [5, 5.41) is 1.55. The Morgan fingerprint density at radius 2 is 2.00 bits per heavy atom. The Hall–Kier alpha value is -2.33. The van der Waals surface area contributed by atoms with Crippen LogP contribution in [0.5, 0.6) is 5.75 Å². The predicted octanol–water partition coefficient (Wildman–Crippen LogP) is 4.90. The van der Waals surface area contributed by atoms with Crippen molar-refractivity contribution >= 4 is 21.4 Å².